The van der Waals surface area contributed by atoms with Crippen molar-refractivity contribution in [3.8, 4) is 11.5 Å². The molecule has 5 heteroatoms. The summed E-state index contributed by atoms with van der Waals surface area (Å²) in [5.74, 6) is 1.43. The van der Waals surface area contributed by atoms with Crippen LogP contribution < -0.4 is 4.74 Å². The lowest BCUT2D eigenvalue weighted by molar-refractivity contribution is 0.483. The van der Waals surface area contributed by atoms with Gasteiger partial charge >= 0.3 is 0 Å². The van der Waals surface area contributed by atoms with E-state index in [0.29, 0.717) is 16.4 Å². The van der Waals surface area contributed by atoms with Gasteiger partial charge in [0.15, 0.2) is 0 Å². The second kappa shape index (κ2) is 5.03. The van der Waals surface area contributed by atoms with Gasteiger partial charge in [-0.3, -0.25) is 0 Å². The number of para-hydroxylation sites is 1. The molecule has 0 radical (unpaired) electrons. The van der Waals surface area contributed by atoms with Crippen molar-refractivity contribution in [3.05, 3.63) is 59.0 Å². The Hall–Kier alpha value is -1.84. The fourth-order valence-electron chi connectivity index (χ4n) is 1.73. The number of rotatable bonds is 2. The number of nitrogens with zero attached hydrogens (tertiary/aromatic N) is 2. The van der Waals surface area contributed by atoms with Crippen LogP contribution in [0.15, 0.2) is 48.5 Å². The fourth-order valence-corrected chi connectivity index (χ4v) is 2.19. The third-order valence-corrected chi connectivity index (χ3v) is 3.03. The number of ether oxygens (including phenoxy) is 1. The van der Waals surface area contributed by atoms with Crippen LogP contribution in [0.25, 0.3) is 10.9 Å². The monoisotopic (exact) mass is 290 g/mol. The lowest BCUT2D eigenvalue weighted by Crippen LogP contribution is -1.89. The third-order valence-electron chi connectivity index (χ3n) is 2.57. The molecule has 3 rings (SSSR count). The minimum Gasteiger partial charge on any atom is -0.457 e. The first kappa shape index (κ1) is 12.2. The van der Waals surface area contributed by atoms with Crippen LogP contribution in [-0.2, 0) is 0 Å². The minimum absolute atomic E-state index is 0.120. The summed E-state index contributed by atoms with van der Waals surface area (Å²) in [5.41, 5.74) is 0.651. The van der Waals surface area contributed by atoms with Gasteiger partial charge in [-0.05, 0) is 35.9 Å². The Morgan fingerprint density at radius 2 is 1.63 bits per heavy atom. The van der Waals surface area contributed by atoms with Crippen LogP contribution in [0.5, 0.6) is 11.5 Å². The fraction of sp³-hybridized carbons (Fsp3) is 0. The minimum atomic E-state index is 0.120. The molecule has 0 atom stereocenters. The van der Waals surface area contributed by atoms with Crippen molar-refractivity contribution >= 4 is 34.1 Å². The summed E-state index contributed by atoms with van der Waals surface area (Å²) in [6, 6.07) is 14.9. The van der Waals surface area contributed by atoms with E-state index < -0.39 is 0 Å². The van der Waals surface area contributed by atoms with Crippen molar-refractivity contribution in [1.82, 2.24) is 9.97 Å². The van der Waals surface area contributed by atoms with E-state index in [2.05, 4.69) is 9.97 Å². The van der Waals surface area contributed by atoms with Crippen molar-refractivity contribution in [2.45, 2.75) is 0 Å². The van der Waals surface area contributed by atoms with E-state index in [1.54, 1.807) is 6.07 Å². The van der Waals surface area contributed by atoms with Crippen LogP contribution >= 0.6 is 23.2 Å². The maximum Gasteiger partial charge on any atom is 0.224 e. The third kappa shape index (κ3) is 2.62. The van der Waals surface area contributed by atoms with Gasteiger partial charge in [0, 0.05) is 11.5 Å². The first-order chi connectivity index (χ1) is 9.22. The molecule has 0 aliphatic carbocycles. The van der Waals surface area contributed by atoms with E-state index in [4.69, 9.17) is 27.9 Å². The Labute approximate surface area is 119 Å². The summed E-state index contributed by atoms with van der Waals surface area (Å²) < 4.78 is 5.72. The first-order valence-electron chi connectivity index (χ1n) is 5.58. The van der Waals surface area contributed by atoms with Gasteiger partial charge in [-0.15, -0.1) is 0 Å². The molecule has 0 unspecified atom stereocenters. The Bertz CT molecular complexity index is 732. The quantitative estimate of drug-likeness (QED) is 0.505. The van der Waals surface area contributed by atoms with Gasteiger partial charge in [0.2, 0.25) is 5.28 Å². The van der Waals surface area contributed by atoms with Gasteiger partial charge in [0.05, 0.1) is 5.52 Å². The molecule has 2 aromatic carbocycles. The van der Waals surface area contributed by atoms with Crippen molar-refractivity contribution in [3.63, 3.8) is 0 Å². The summed E-state index contributed by atoms with van der Waals surface area (Å²) in [5, 5.41) is 1.20. The zero-order valence-corrected chi connectivity index (χ0v) is 11.2. The van der Waals surface area contributed by atoms with Crippen molar-refractivity contribution in [1.29, 1.82) is 0 Å². The van der Waals surface area contributed by atoms with E-state index in [9.17, 15) is 0 Å². The number of fused-ring (bicyclic) bond motifs is 1. The van der Waals surface area contributed by atoms with E-state index in [1.165, 1.54) is 0 Å². The number of halogens is 2. The zero-order chi connectivity index (χ0) is 13.2. The molecule has 1 aromatic heterocycles. The summed E-state index contributed by atoms with van der Waals surface area (Å²) in [6.07, 6.45) is 0. The summed E-state index contributed by atoms with van der Waals surface area (Å²) in [4.78, 5) is 8.02. The van der Waals surface area contributed by atoms with Crippen LogP contribution in [0.4, 0.5) is 0 Å². The summed E-state index contributed by atoms with van der Waals surface area (Å²) in [6.45, 7) is 0. The molecule has 1 heterocycles. The molecule has 0 bridgehead atoms. The van der Waals surface area contributed by atoms with Gasteiger partial charge in [-0.25, -0.2) is 9.97 Å². The molecule has 0 N–H and O–H groups in total. The van der Waals surface area contributed by atoms with Gasteiger partial charge in [-0.2, -0.15) is 0 Å². The van der Waals surface area contributed by atoms with Crippen molar-refractivity contribution < 1.29 is 4.74 Å². The average Bonchev–Trinajstić information content (AvgIpc) is 2.39. The highest BCUT2D eigenvalue weighted by Gasteiger charge is 2.06. The molecule has 94 valence electrons. The molecule has 0 saturated heterocycles. The number of aromatic nitrogens is 2. The standard InChI is InChI=1S/C14H8Cl2N2O/c15-13-11-7-6-10(8-12(11)17-14(16)18-13)19-9-4-2-1-3-5-9/h1-8H. The summed E-state index contributed by atoms with van der Waals surface area (Å²) >= 11 is 11.8. The molecule has 0 amide bonds. The van der Waals surface area contributed by atoms with Gasteiger partial charge in [0.25, 0.3) is 0 Å². The van der Waals surface area contributed by atoms with Crippen molar-refractivity contribution in [2.24, 2.45) is 0 Å². The Morgan fingerprint density at radius 3 is 2.42 bits per heavy atom. The molecule has 3 aromatic rings. The van der Waals surface area contributed by atoms with Crippen LogP contribution in [0.1, 0.15) is 0 Å². The second-order valence-electron chi connectivity index (χ2n) is 3.88. The highest BCUT2D eigenvalue weighted by atomic mass is 35.5. The van der Waals surface area contributed by atoms with Crippen LogP contribution in [0.3, 0.4) is 0 Å². The zero-order valence-electron chi connectivity index (χ0n) is 9.68. The molecule has 0 saturated carbocycles. The van der Waals surface area contributed by atoms with E-state index in [1.807, 2.05) is 42.5 Å². The predicted molar refractivity (Wildman–Crippen MR) is 76.1 cm³/mol. The summed E-state index contributed by atoms with van der Waals surface area (Å²) in [7, 11) is 0. The van der Waals surface area contributed by atoms with Crippen LogP contribution in [-0.4, -0.2) is 9.97 Å². The largest absolute Gasteiger partial charge is 0.457 e. The molecule has 3 nitrogen and oxygen atoms in total. The molecule has 0 fully saturated rings. The number of benzene rings is 2. The lowest BCUT2D eigenvalue weighted by atomic mass is 10.2. The SMILES string of the molecule is Clc1nc(Cl)c2ccc(Oc3ccccc3)cc2n1. The maximum absolute atomic E-state index is 6.00. The van der Waals surface area contributed by atoms with Crippen LogP contribution in [0.2, 0.25) is 10.4 Å². The van der Waals surface area contributed by atoms with Gasteiger partial charge < -0.3 is 4.74 Å². The van der Waals surface area contributed by atoms with Crippen molar-refractivity contribution in [2.75, 3.05) is 0 Å². The molecule has 0 aliphatic heterocycles. The lowest BCUT2D eigenvalue weighted by Gasteiger charge is -2.07. The van der Waals surface area contributed by atoms with Crippen LogP contribution in [0, 0.1) is 0 Å². The topological polar surface area (TPSA) is 35.0 Å². The molecule has 19 heavy (non-hydrogen) atoms. The highest BCUT2D eigenvalue weighted by Crippen LogP contribution is 2.28. The van der Waals surface area contributed by atoms with E-state index >= 15 is 0 Å². The normalized spacial score (nSPS) is 10.6. The molecule has 0 aliphatic rings. The number of hydrogen-bond donors (Lipinski definition) is 0. The molecular formula is C14H8Cl2N2O. The van der Waals surface area contributed by atoms with E-state index in [0.717, 1.165) is 11.1 Å². The molecular weight excluding hydrogens is 283 g/mol. The first-order valence-corrected chi connectivity index (χ1v) is 6.34. The number of hydrogen-bond acceptors (Lipinski definition) is 3. The average molecular weight is 291 g/mol. The predicted octanol–water partition coefficient (Wildman–Crippen LogP) is 4.73. The van der Waals surface area contributed by atoms with Gasteiger partial charge in [0.1, 0.15) is 16.7 Å². The maximum atomic E-state index is 6.00. The highest BCUT2D eigenvalue weighted by molar-refractivity contribution is 6.35. The Morgan fingerprint density at radius 1 is 0.842 bits per heavy atom. The van der Waals surface area contributed by atoms with E-state index in [-0.39, 0.29) is 5.28 Å². The smallest absolute Gasteiger partial charge is 0.224 e. The Kier molecular flexibility index (Phi) is 3.23. The Balaban J connectivity index is 2.02. The van der Waals surface area contributed by atoms with Gasteiger partial charge in [-0.1, -0.05) is 29.8 Å². The molecule has 0 spiro atoms. The second-order valence-corrected chi connectivity index (χ2v) is 4.57.